The highest BCUT2D eigenvalue weighted by molar-refractivity contribution is 7.89. The van der Waals surface area contributed by atoms with Gasteiger partial charge in [-0.2, -0.15) is 0 Å². The Balaban J connectivity index is 2.23. The van der Waals surface area contributed by atoms with E-state index in [1.165, 1.54) is 17.0 Å². The Morgan fingerprint density at radius 3 is 2.67 bits per heavy atom. The van der Waals surface area contributed by atoms with Crippen LogP contribution in [0.2, 0.25) is 0 Å². The van der Waals surface area contributed by atoms with Gasteiger partial charge in [-0.25, -0.2) is 18.4 Å². The highest BCUT2D eigenvalue weighted by atomic mass is 32.2. The number of nitrogens with zero attached hydrogens (tertiary/aromatic N) is 1. The van der Waals surface area contributed by atoms with E-state index in [1.54, 1.807) is 13.0 Å². The van der Waals surface area contributed by atoms with E-state index in [4.69, 9.17) is 5.14 Å². The highest BCUT2D eigenvalue weighted by Gasteiger charge is 2.27. The molecule has 1 heterocycles. The molecule has 0 bridgehead atoms. The Labute approximate surface area is 122 Å². The lowest BCUT2D eigenvalue weighted by atomic mass is 10.00. The van der Waals surface area contributed by atoms with E-state index in [9.17, 15) is 18.0 Å². The third kappa shape index (κ3) is 3.40. The predicted octanol–water partition coefficient (Wildman–Crippen LogP) is -0.218. The van der Waals surface area contributed by atoms with E-state index >= 15 is 0 Å². The first-order valence-corrected chi connectivity index (χ1v) is 7.98. The summed E-state index contributed by atoms with van der Waals surface area (Å²) in [5.74, 6) is -1.62. The molecule has 0 atom stereocenters. The number of sulfonamides is 1. The molecule has 1 aromatic carbocycles. The van der Waals surface area contributed by atoms with E-state index in [-0.39, 0.29) is 18.0 Å². The van der Waals surface area contributed by atoms with Crippen molar-refractivity contribution in [2.75, 3.05) is 13.2 Å². The van der Waals surface area contributed by atoms with Crippen LogP contribution in [0.1, 0.15) is 18.1 Å². The predicted molar refractivity (Wildman–Crippen MR) is 73.6 cm³/mol. The lowest BCUT2D eigenvalue weighted by Gasteiger charge is -2.28. The van der Waals surface area contributed by atoms with Crippen molar-refractivity contribution in [3.8, 4) is 0 Å². The molecule has 114 valence electrons. The number of hydrogen-bond donors (Lipinski definition) is 1. The average molecular weight is 312 g/mol. The molecule has 0 aliphatic carbocycles. The summed E-state index contributed by atoms with van der Waals surface area (Å²) >= 11 is 0. The van der Waals surface area contributed by atoms with Gasteiger partial charge in [0.2, 0.25) is 10.0 Å². The molecule has 0 radical (unpaired) electrons. The largest absolute Gasteiger partial charge is 0.459 e. The number of fused-ring (bicyclic) bond motifs is 1. The Kier molecular flexibility index (Phi) is 4.29. The molecule has 0 fully saturated rings. The number of nitrogens with two attached hydrogens (primary N) is 1. The molecule has 2 rings (SSSR count). The lowest BCUT2D eigenvalue weighted by molar-refractivity contribution is -0.160. The van der Waals surface area contributed by atoms with Gasteiger partial charge in [-0.05, 0) is 36.6 Å². The van der Waals surface area contributed by atoms with Gasteiger partial charge < -0.3 is 9.64 Å². The Morgan fingerprint density at radius 2 is 2.05 bits per heavy atom. The van der Waals surface area contributed by atoms with Crippen LogP contribution in [0.5, 0.6) is 0 Å². The van der Waals surface area contributed by atoms with Gasteiger partial charge in [-0.1, -0.05) is 6.07 Å². The molecule has 2 N–H and O–H groups in total. The highest BCUT2D eigenvalue weighted by Crippen LogP contribution is 2.22. The first-order chi connectivity index (χ1) is 9.82. The zero-order valence-corrected chi connectivity index (χ0v) is 12.4. The maximum Gasteiger partial charge on any atom is 0.397 e. The second-order valence-electron chi connectivity index (χ2n) is 4.67. The van der Waals surface area contributed by atoms with Crippen molar-refractivity contribution in [2.24, 2.45) is 5.14 Å². The van der Waals surface area contributed by atoms with Gasteiger partial charge in [-0.15, -0.1) is 0 Å². The van der Waals surface area contributed by atoms with Crippen LogP contribution < -0.4 is 5.14 Å². The van der Waals surface area contributed by atoms with Gasteiger partial charge in [0.15, 0.2) is 0 Å². The van der Waals surface area contributed by atoms with Gasteiger partial charge >= 0.3 is 11.9 Å². The van der Waals surface area contributed by atoms with Crippen molar-refractivity contribution in [2.45, 2.75) is 24.8 Å². The minimum absolute atomic E-state index is 0.00770. The van der Waals surface area contributed by atoms with E-state index < -0.39 is 21.9 Å². The van der Waals surface area contributed by atoms with Crippen molar-refractivity contribution in [1.29, 1.82) is 0 Å². The molecule has 0 saturated heterocycles. The van der Waals surface area contributed by atoms with Crippen LogP contribution >= 0.6 is 0 Å². The van der Waals surface area contributed by atoms with Crippen LogP contribution in [-0.4, -0.2) is 38.3 Å². The van der Waals surface area contributed by atoms with Crippen LogP contribution in [0, 0.1) is 0 Å². The fourth-order valence-corrected chi connectivity index (χ4v) is 2.77. The van der Waals surface area contributed by atoms with Gasteiger partial charge in [0, 0.05) is 13.1 Å². The number of primary sulfonamides is 1. The maximum absolute atomic E-state index is 11.9. The topological polar surface area (TPSA) is 107 Å². The van der Waals surface area contributed by atoms with Crippen molar-refractivity contribution in [3.63, 3.8) is 0 Å². The standard InChI is InChI=1S/C13H16N2O5S/c1-2-20-13(17)12(16)15-6-5-9-3-4-11(21(14,18)19)7-10(9)8-15/h3-4,7H,2,5-6,8H2,1H3,(H2,14,18,19). The maximum atomic E-state index is 11.9. The first-order valence-electron chi connectivity index (χ1n) is 6.43. The smallest absolute Gasteiger partial charge is 0.397 e. The number of carbonyl (C=O) groups is 2. The van der Waals surface area contributed by atoms with E-state index in [1.807, 2.05) is 0 Å². The van der Waals surface area contributed by atoms with Crippen LogP contribution in [0.25, 0.3) is 0 Å². The van der Waals surface area contributed by atoms with Crippen LogP contribution in [0.15, 0.2) is 23.1 Å². The number of ether oxygens (including phenoxy) is 1. The number of carbonyl (C=O) groups excluding carboxylic acids is 2. The summed E-state index contributed by atoms with van der Waals surface area (Å²) in [7, 11) is -3.79. The zero-order valence-electron chi connectivity index (χ0n) is 11.5. The summed E-state index contributed by atoms with van der Waals surface area (Å²) < 4.78 is 27.4. The molecule has 21 heavy (non-hydrogen) atoms. The minimum atomic E-state index is -3.79. The monoisotopic (exact) mass is 312 g/mol. The molecule has 0 unspecified atom stereocenters. The summed E-state index contributed by atoms with van der Waals surface area (Å²) in [5.41, 5.74) is 1.61. The van der Waals surface area contributed by atoms with Crippen molar-refractivity contribution < 1.29 is 22.7 Å². The van der Waals surface area contributed by atoms with E-state index in [2.05, 4.69) is 4.74 Å². The fraction of sp³-hybridized carbons (Fsp3) is 0.385. The van der Waals surface area contributed by atoms with E-state index in [0.29, 0.717) is 18.5 Å². The third-order valence-electron chi connectivity index (χ3n) is 3.26. The summed E-state index contributed by atoms with van der Waals surface area (Å²) in [6.07, 6.45) is 0.547. The van der Waals surface area contributed by atoms with Gasteiger partial charge in [0.05, 0.1) is 11.5 Å². The van der Waals surface area contributed by atoms with Gasteiger partial charge in [-0.3, -0.25) is 4.79 Å². The average Bonchev–Trinajstić information content (AvgIpc) is 2.44. The number of amides is 1. The van der Waals surface area contributed by atoms with Crippen molar-refractivity contribution in [3.05, 3.63) is 29.3 Å². The third-order valence-corrected chi connectivity index (χ3v) is 4.17. The van der Waals surface area contributed by atoms with Gasteiger partial charge in [0.1, 0.15) is 0 Å². The summed E-state index contributed by atoms with van der Waals surface area (Å²) in [4.78, 5) is 24.7. The molecule has 1 aliphatic rings. The molecule has 0 aromatic heterocycles. The molecular formula is C13H16N2O5S. The Bertz CT molecular complexity index is 684. The minimum Gasteiger partial charge on any atom is -0.459 e. The van der Waals surface area contributed by atoms with Crippen molar-refractivity contribution >= 4 is 21.9 Å². The molecule has 7 nitrogen and oxygen atoms in total. The molecule has 1 amide bonds. The lowest BCUT2D eigenvalue weighted by Crippen LogP contribution is -2.41. The molecule has 0 spiro atoms. The fourth-order valence-electron chi connectivity index (χ4n) is 2.21. The number of esters is 1. The first kappa shape index (κ1) is 15.5. The Morgan fingerprint density at radius 1 is 1.33 bits per heavy atom. The summed E-state index contributed by atoms with van der Waals surface area (Å²) in [5, 5.41) is 5.09. The van der Waals surface area contributed by atoms with E-state index in [0.717, 1.165) is 5.56 Å². The van der Waals surface area contributed by atoms with Crippen LogP contribution in [-0.2, 0) is 37.3 Å². The number of hydrogen-bond acceptors (Lipinski definition) is 5. The normalized spacial score (nSPS) is 14.5. The number of benzene rings is 1. The molecule has 1 aromatic rings. The molecule has 0 saturated carbocycles. The van der Waals surface area contributed by atoms with Gasteiger partial charge in [0.25, 0.3) is 0 Å². The second-order valence-corrected chi connectivity index (χ2v) is 6.23. The summed E-state index contributed by atoms with van der Waals surface area (Å²) in [6, 6.07) is 4.56. The zero-order chi connectivity index (χ0) is 15.6. The summed E-state index contributed by atoms with van der Waals surface area (Å²) in [6.45, 7) is 2.30. The SMILES string of the molecule is CCOC(=O)C(=O)N1CCc2ccc(S(N)(=O)=O)cc2C1. The molecule has 8 heteroatoms. The molecule has 1 aliphatic heterocycles. The quantitative estimate of drug-likeness (QED) is 0.600. The Hall–Kier alpha value is -1.93. The molecular weight excluding hydrogens is 296 g/mol. The van der Waals surface area contributed by atoms with Crippen molar-refractivity contribution in [1.82, 2.24) is 4.90 Å². The number of rotatable bonds is 2. The van der Waals surface area contributed by atoms with Crippen LogP contribution in [0.3, 0.4) is 0 Å². The second kappa shape index (κ2) is 5.82. The van der Waals surface area contributed by atoms with Crippen LogP contribution in [0.4, 0.5) is 0 Å².